The molecule has 16 heavy (non-hydrogen) atoms. The molecule has 1 heteroatoms. The second kappa shape index (κ2) is 5.49. The summed E-state index contributed by atoms with van der Waals surface area (Å²) in [5.41, 5.74) is 2.99. The largest absolute Gasteiger partial charge is 0.314 e. The smallest absolute Gasteiger partial charge is 0.00729 e. The van der Waals surface area contributed by atoms with Crippen molar-refractivity contribution in [2.45, 2.75) is 51.5 Å². The molecule has 0 radical (unpaired) electrons. The van der Waals surface area contributed by atoms with Gasteiger partial charge in [0, 0.05) is 6.04 Å². The molecule has 1 N–H and O–H groups in total. The van der Waals surface area contributed by atoms with Crippen LogP contribution in [0.15, 0.2) is 24.3 Å². The van der Waals surface area contributed by atoms with E-state index in [0.717, 1.165) is 24.9 Å². The fourth-order valence-electron chi connectivity index (χ4n) is 2.78. The van der Waals surface area contributed by atoms with Gasteiger partial charge in [-0.15, -0.1) is 0 Å². The van der Waals surface area contributed by atoms with Crippen molar-refractivity contribution in [1.82, 2.24) is 5.32 Å². The van der Waals surface area contributed by atoms with Crippen molar-refractivity contribution in [3.63, 3.8) is 0 Å². The van der Waals surface area contributed by atoms with E-state index in [0.29, 0.717) is 0 Å². The minimum Gasteiger partial charge on any atom is -0.314 e. The minimum atomic E-state index is 0.751. The average molecular weight is 217 g/mol. The quantitative estimate of drug-likeness (QED) is 0.814. The maximum atomic E-state index is 3.57. The van der Waals surface area contributed by atoms with Crippen LogP contribution in [0.4, 0.5) is 0 Å². The summed E-state index contributed by atoms with van der Waals surface area (Å²) >= 11 is 0. The highest BCUT2D eigenvalue weighted by molar-refractivity contribution is 5.26. The highest BCUT2D eigenvalue weighted by atomic mass is 14.9. The molecule has 2 rings (SSSR count). The number of aryl methyl sites for hydroxylation is 1. The number of benzene rings is 1. The topological polar surface area (TPSA) is 12.0 Å². The highest BCUT2D eigenvalue weighted by Crippen LogP contribution is 2.34. The van der Waals surface area contributed by atoms with Crippen molar-refractivity contribution in [2.75, 3.05) is 6.54 Å². The maximum absolute atomic E-state index is 3.57. The predicted molar refractivity (Wildman–Crippen MR) is 69.9 cm³/mol. The van der Waals surface area contributed by atoms with Gasteiger partial charge in [-0.3, -0.25) is 0 Å². The third-order valence-electron chi connectivity index (χ3n) is 3.78. The van der Waals surface area contributed by atoms with Crippen LogP contribution in [-0.2, 0) is 6.42 Å². The molecule has 1 fully saturated rings. The molecule has 0 aromatic heterocycles. The standard InChI is InChI=1S/C15H23N/c1-3-12-5-7-13(8-6-12)14-9-10-15(11-14)16-4-2/h5-8,14-16H,3-4,9-11H2,1-2H3. The number of nitrogens with one attached hydrogen (secondary N) is 1. The average Bonchev–Trinajstić information content (AvgIpc) is 2.78. The maximum Gasteiger partial charge on any atom is 0.00729 e. The first-order valence-corrected chi connectivity index (χ1v) is 6.65. The van der Waals surface area contributed by atoms with Crippen LogP contribution in [0.3, 0.4) is 0 Å². The van der Waals surface area contributed by atoms with Crippen LogP contribution in [0.5, 0.6) is 0 Å². The summed E-state index contributed by atoms with van der Waals surface area (Å²) in [6.07, 6.45) is 5.15. The van der Waals surface area contributed by atoms with Crippen LogP contribution in [-0.4, -0.2) is 12.6 Å². The van der Waals surface area contributed by atoms with E-state index in [1.54, 1.807) is 0 Å². The van der Waals surface area contributed by atoms with Crippen molar-refractivity contribution >= 4 is 0 Å². The summed E-state index contributed by atoms with van der Waals surface area (Å²) in [4.78, 5) is 0. The van der Waals surface area contributed by atoms with E-state index >= 15 is 0 Å². The Morgan fingerprint density at radius 3 is 2.50 bits per heavy atom. The minimum absolute atomic E-state index is 0.751. The summed E-state index contributed by atoms with van der Waals surface area (Å²) in [5, 5.41) is 3.57. The molecular formula is C15H23N. The predicted octanol–water partition coefficient (Wildman–Crippen LogP) is 3.49. The second-order valence-electron chi connectivity index (χ2n) is 4.86. The molecule has 0 bridgehead atoms. The van der Waals surface area contributed by atoms with E-state index in [2.05, 4.69) is 43.4 Å². The van der Waals surface area contributed by atoms with Crippen LogP contribution in [0.2, 0.25) is 0 Å². The van der Waals surface area contributed by atoms with Crippen molar-refractivity contribution in [3.05, 3.63) is 35.4 Å². The fraction of sp³-hybridized carbons (Fsp3) is 0.600. The molecule has 1 aliphatic carbocycles. The van der Waals surface area contributed by atoms with E-state index < -0.39 is 0 Å². The molecular weight excluding hydrogens is 194 g/mol. The second-order valence-corrected chi connectivity index (χ2v) is 4.86. The van der Waals surface area contributed by atoms with E-state index in [-0.39, 0.29) is 0 Å². The van der Waals surface area contributed by atoms with Gasteiger partial charge in [-0.2, -0.15) is 0 Å². The fourth-order valence-corrected chi connectivity index (χ4v) is 2.78. The van der Waals surface area contributed by atoms with Gasteiger partial charge in [0.1, 0.15) is 0 Å². The molecule has 2 atom stereocenters. The zero-order chi connectivity index (χ0) is 11.4. The molecule has 1 aliphatic rings. The third kappa shape index (κ3) is 2.65. The van der Waals surface area contributed by atoms with Gasteiger partial charge in [-0.05, 0) is 49.3 Å². The summed E-state index contributed by atoms with van der Waals surface area (Å²) in [5.74, 6) is 0.787. The highest BCUT2D eigenvalue weighted by Gasteiger charge is 2.24. The molecule has 1 saturated carbocycles. The van der Waals surface area contributed by atoms with Gasteiger partial charge < -0.3 is 5.32 Å². The molecule has 0 amide bonds. The third-order valence-corrected chi connectivity index (χ3v) is 3.78. The summed E-state index contributed by atoms with van der Waals surface area (Å²) in [6.45, 7) is 5.52. The Bertz CT molecular complexity index is 315. The van der Waals surface area contributed by atoms with Gasteiger partial charge in [-0.25, -0.2) is 0 Å². The van der Waals surface area contributed by atoms with Crippen molar-refractivity contribution < 1.29 is 0 Å². The van der Waals surface area contributed by atoms with Gasteiger partial charge in [0.25, 0.3) is 0 Å². The molecule has 1 aromatic carbocycles. The van der Waals surface area contributed by atoms with Crippen molar-refractivity contribution in [3.8, 4) is 0 Å². The lowest BCUT2D eigenvalue weighted by Gasteiger charge is -2.12. The van der Waals surface area contributed by atoms with Crippen molar-refractivity contribution in [2.24, 2.45) is 0 Å². The monoisotopic (exact) mass is 217 g/mol. The molecule has 0 spiro atoms. The molecule has 2 unspecified atom stereocenters. The Balaban J connectivity index is 1.97. The van der Waals surface area contributed by atoms with Crippen LogP contribution in [0.1, 0.15) is 50.2 Å². The summed E-state index contributed by atoms with van der Waals surface area (Å²) < 4.78 is 0. The lowest BCUT2D eigenvalue weighted by Crippen LogP contribution is -2.25. The first-order chi connectivity index (χ1) is 7.83. The van der Waals surface area contributed by atoms with Crippen molar-refractivity contribution in [1.29, 1.82) is 0 Å². The molecule has 0 heterocycles. The summed E-state index contributed by atoms with van der Waals surface area (Å²) in [6, 6.07) is 9.99. The first-order valence-electron chi connectivity index (χ1n) is 6.65. The normalized spacial score (nSPS) is 24.9. The molecule has 1 aromatic rings. The molecule has 0 aliphatic heterocycles. The van der Waals surface area contributed by atoms with E-state index in [1.165, 1.54) is 30.4 Å². The number of hydrogen-bond acceptors (Lipinski definition) is 1. The van der Waals surface area contributed by atoms with Gasteiger partial charge in [0.05, 0.1) is 0 Å². The van der Waals surface area contributed by atoms with Crippen LogP contribution < -0.4 is 5.32 Å². The first kappa shape index (κ1) is 11.7. The molecule has 1 nitrogen and oxygen atoms in total. The summed E-state index contributed by atoms with van der Waals surface area (Å²) in [7, 11) is 0. The lowest BCUT2D eigenvalue weighted by molar-refractivity contribution is 0.535. The zero-order valence-corrected chi connectivity index (χ0v) is 10.5. The Labute approximate surface area is 99.3 Å². The number of hydrogen-bond donors (Lipinski definition) is 1. The Hall–Kier alpha value is -0.820. The van der Waals surface area contributed by atoms with Crippen LogP contribution >= 0.6 is 0 Å². The van der Waals surface area contributed by atoms with Gasteiger partial charge in [0.15, 0.2) is 0 Å². The molecule has 0 saturated heterocycles. The van der Waals surface area contributed by atoms with Gasteiger partial charge in [-0.1, -0.05) is 38.1 Å². The van der Waals surface area contributed by atoms with Gasteiger partial charge >= 0.3 is 0 Å². The van der Waals surface area contributed by atoms with E-state index in [4.69, 9.17) is 0 Å². The van der Waals surface area contributed by atoms with Crippen LogP contribution in [0, 0.1) is 0 Å². The Morgan fingerprint density at radius 1 is 1.12 bits per heavy atom. The lowest BCUT2D eigenvalue weighted by atomic mass is 9.96. The number of rotatable bonds is 4. The Morgan fingerprint density at radius 2 is 1.88 bits per heavy atom. The SMILES string of the molecule is CCNC1CCC(c2ccc(CC)cc2)C1. The van der Waals surface area contributed by atoms with E-state index in [9.17, 15) is 0 Å². The molecule has 88 valence electrons. The van der Waals surface area contributed by atoms with Crippen LogP contribution in [0.25, 0.3) is 0 Å². The van der Waals surface area contributed by atoms with E-state index in [1.807, 2.05) is 0 Å². The van der Waals surface area contributed by atoms with Gasteiger partial charge in [0.2, 0.25) is 0 Å². The Kier molecular flexibility index (Phi) is 4.00. The zero-order valence-electron chi connectivity index (χ0n) is 10.5.